The minimum atomic E-state index is -0.282. The van der Waals surface area contributed by atoms with Crippen LogP contribution in [0.3, 0.4) is 0 Å². The number of aryl methyl sites for hydroxylation is 1. The Morgan fingerprint density at radius 3 is 1.05 bits per heavy atom. The molecule has 0 aromatic heterocycles. The minimum Gasteiger partial charge on any atom is -0.377 e. The van der Waals surface area contributed by atoms with E-state index in [4.69, 9.17) is 0 Å². The zero-order chi connectivity index (χ0) is 52.8. The normalized spacial score (nSPS) is 17.5. The number of hydrogen-bond acceptors (Lipinski definition) is 1. The fraction of sp³-hybridized carbons (Fsp3) is 0.493. The largest absolute Gasteiger partial charge is 0.377 e. The summed E-state index contributed by atoms with van der Waals surface area (Å²) >= 11 is 0. The van der Waals surface area contributed by atoms with Crippen molar-refractivity contribution in [1.29, 1.82) is 0 Å². The second-order valence-corrected chi connectivity index (χ2v) is 34.2. The topological polar surface area (TPSA) is 3.24 Å². The van der Waals surface area contributed by atoms with Crippen molar-refractivity contribution in [1.82, 2.24) is 0 Å². The van der Waals surface area contributed by atoms with Crippen LogP contribution in [0.15, 0.2) is 152 Å². The standard InChI is InChI=1S/C26H36NP.C25H33P.C20H27P/c1-27(2)25-19-11-9-17-23(25)24-18-10-12-20-26(24)28(21-13-5-3-6-14-21)22-15-7-4-8-16-22;1-20-12-8-9-17-23(20)24-18-10-11-19-25(24)26(21-13-4-2-5-14-21)22-15-6-3-7-16-22;1-19(2,3)21(20(4,5)6)18-15-11-10-14-17(18)16-12-8-7-9-13-16/h9-12,17-22H,3-8,13-16H2,1-2H3;8-12,17-19,21-22H,2-7,13-16H2,1H3;7-15H,1-6H3. The van der Waals surface area contributed by atoms with Gasteiger partial charge in [0.05, 0.1) is 0 Å². The number of benzene rings is 6. The summed E-state index contributed by atoms with van der Waals surface area (Å²) in [6, 6.07) is 56.6. The third-order valence-corrected chi connectivity index (χ3v) is 27.6. The molecule has 6 aromatic rings. The molecule has 6 aromatic carbocycles. The second-order valence-electron chi connectivity index (χ2n) is 24.8. The summed E-state index contributed by atoms with van der Waals surface area (Å²) in [5, 5.41) is 5.52. The zero-order valence-electron chi connectivity index (χ0n) is 48.2. The summed E-state index contributed by atoms with van der Waals surface area (Å²) in [7, 11) is 3.93. The third kappa shape index (κ3) is 15.2. The molecule has 0 radical (unpaired) electrons. The lowest BCUT2D eigenvalue weighted by Crippen LogP contribution is -2.31. The highest BCUT2D eigenvalue weighted by molar-refractivity contribution is 7.69. The van der Waals surface area contributed by atoms with Gasteiger partial charge < -0.3 is 4.90 Å². The molecular formula is C71H96NP3. The fourth-order valence-electron chi connectivity index (χ4n) is 13.9. The Morgan fingerprint density at radius 2 is 0.653 bits per heavy atom. The van der Waals surface area contributed by atoms with Gasteiger partial charge in [-0.3, -0.25) is 0 Å². The summed E-state index contributed by atoms with van der Waals surface area (Å²) in [5.41, 5.74) is 15.2. The maximum absolute atomic E-state index is 2.50. The second kappa shape index (κ2) is 27.8. The lowest BCUT2D eigenvalue weighted by atomic mass is 9.99. The number of anilines is 1. The summed E-state index contributed by atoms with van der Waals surface area (Å²) in [4.78, 5) is 2.27. The molecule has 0 unspecified atom stereocenters. The summed E-state index contributed by atoms with van der Waals surface area (Å²) in [6.45, 7) is 16.6. The molecule has 0 heterocycles. The van der Waals surface area contributed by atoms with Crippen LogP contribution < -0.4 is 20.8 Å². The fourth-order valence-corrected chi connectivity index (χ4v) is 26.0. The van der Waals surface area contributed by atoms with Crippen LogP contribution in [0.4, 0.5) is 5.69 Å². The minimum absolute atomic E-state index is 0.0489. The van der Waals surface area contributed by atoms with Crippen LogP contribution >= 0.6 is 23.8 Å². The van der Waals surface area contributed by atoms with Crippen molar-refractivity contribution < 1.29 is 0 Å². The molecular weight excluding hydrogens is 960 g/mol. The van der Waals surface area contributed by atoms with Crippen molar-refractivity contribution in [2.45, 2.75) is 210 Å². The molecule has 1 nitrogen and oxygen atoms in total. The molecule has 75 heavy (non-hydrogen) atoms. The van der Waals surface area contributed by atoms with E-state index in [0.29, 0.717) is 10.3 Å². The number of rotatable bonds is 11. The maximum Gasteiger partial charge on any atom is 0.0440 e. The Bertz CT molecular complexity index is 2580. The first-order valence-electron chi connectivity index (χ1n) is 29.8. The third-order valence-electron chi connectivity index (χ3n) is 16.9. The zero-order valence-corrected chi connectivity index (χ0v) is 50.9. The summed E-state index contributed by atoms with van der Waals surface area (Å²) in [6.07, 6.45) is 29.2. The molecule has 0 amide bonds. The van der Waals surface area contributed by atoms with E-state index in [-0.39, 0.29) is 23.8 Å². The van der Waals surface area contributed by atoms with Crippen molar-refractivity contribution in [2.75, 3.05) is 19.0 Å². The van der Waals surface area contributed by atoms with Crippen LogP contribution in [0, 0.1) is 6.92 Å². The Morgan fingerprint density at radius 1 is 0.333 bits per heavy atom. The molecule has 400 valence electrons. The van der Waals surface area contributed by atoms with E-state index in [1.807, 2.05) is 0 Å². The maximum atomic E-state index is 2.50. The van der Waals surface area contributed by atoms with Crippen LogP contribution in [0.5, 0.6) is 0 Å². The SMILES string of the molecule is CC(C)(C)P(c1ccccc1-c1ccccc1)C(C)(C)C.CN(C)c1ccccc1-c1ccccc1P(C1CCCCC1)C1CCCCC1.Cc1ccccc1-c1ccccc1P(C1CCCCC1)C1CCCCC1. The van der Waals surface area contributed by atoms with Crippen LogP contribution in [-0.4, -0.2) is 47.0 Å². The van der Waals surface area contributed by atoms with E-state index in [1.165, 1.54) is 178 Å². The van der Waals surface area contributed by atoms with Gasteiger partial charge in [-0.1, -0.05) is 288 Å². The molecule has 4 aliphatic carbocycles. The average Bonchev–Trinajstić information content (AvgIpc) is 3.43. The predicted molar refractivity (Wildman–Crippen MR) is 341 cm³/mol. The molecule has 0 atom stereocenters. The first-order chi connectivity index (χ1) is 36.3. The van der Waals surface area contributed by atoms with Crippen molar-refractivity contribution in [3.05, 3.63) is 157 Å². The van der Waals surface area contributed by atoms with Crippen molar-refractivity contribution in [2.24, 2.45) is 0 Å². The first-order valence-corrected chi connectivity index (χ1v) is 34.1. The Kier molecular flexibility index (Phi) is 21.4. The molecule has 0 N–H and O–H groups in total. The van der Waals surface area contributed by atoms with Gasteiger partial charge in [0.2, 0.25) is 0 Å². The van der Waals surface area contributed by atoms with Crippen molar-refractivity contribution in [3.8, 4) is 33.4 Å². The smallest absolute Gasteiger partial charge is 0.0440 e. The molecule has 4 aliphatic rings. The van der Waals surface area contributed by atoms with E-state index >= 15 is 0 Å². The quantitative estimate of drug-likeness (QED) is 0.117. The van der Waals surface area contributed by atoms with Gasteiger partial charge in [0.1, 0.15) is 0 Å². The predicted octanol–water partition coefficient (Wildman–Crippen LogP) is 20.7. The highest BCUT2D eigenvalue weighted by Gasteiger charge is 2.38. The highest BCUT2D eigenvalue weighted by Crippen LogP contribution is 2.60. The Balaban J connectivity index is 0.000000151. The number of nitrogens with zero attached hydrogens (tertiary/aromatic N) is 1. The van der Waals surface area contributed by atoms with Gasteiger partial charge in [0, 0.05) is 25.3 Å². The van der Waals surface area contributed by atoms with E-state index in [2.05, 4.69) is 219 Å². The molecule has 4 heteroatoms. The van der Waals surface area contributed by atoms with Crippen molar-refractivity contribution >= 4 is 45.4 Å². The molecule has 0 aliphatic heterocycles. The van der Waals surface area contributed by atoms with Crippen LogP contribution in [0.25, 0.3) is 33.4 Å². The van der Waals surface area contributed by atoms with E-state index < -0.39 is 0 Å². The first kappa shape index (κ1) is 57.6. The molecule has 4 fully saturated rings. The Labute approximate surface area is 462 Å². The Hall–Kier alpha value is -3.59. The van der Waals surface area contributed by atoms with Crippen LogP contribution in [-0.2, 0) is 0 Å². The number of hydrogen-bond donors (Lipinski definition) is 0. The monoisotopic (exact) mass is 1060 g/mol. The summed E-state index contributed by atoms with van der Waals surface area (Å²) in [5.74, 6) is 0. The van der Waals surface area contributed by atoms with Crippen LogP contribution in [0.2, 0.25) is 0 Å². The lowest BCUT2D eigenvalue weighted by Gasteiger charge is -2.42. The van der Waals surface area contributed by atoms with Crippen molar-refractivity contribution in [3.63, 3.8) is 0 Å². The molecule has 0 saturated heterocycles. The van der Waals surface area contributed by atoms with Gasteiger partial charge in [-0.25, -0.2) is 0 Å². The molecule has 0 bridgehead atoms. The van der Waals surface area contributed by atoms with Gasteiger partial charge in [-0.05, 0) is 147 Å². The van der Waals surface area contributed by atoms with E-state index in [9.17, 15) is 0 Å². The summed E-state index contributed by atoms with van der Waals surface area (Å²) < 4.78 is 0. The van der Waals surface area contributed by atoms with Crippen LogP contribution in [0.1, 0.15) is 176 Å². The number of para-hydroxylation sites is 1. The molecule has 10 rings (SSSR count). The van der Waals surface area contributed by atoms with E-state index in [1.54, 1.807) is 10.6 Å². The lowest BCUT2D eigenvalue weighted by molar-refractivity contribution is 0.487. The molecule has 0 spiro atoms. The highest BCUT2D eigenvalue weighted by atomic mass is 31.1. The van der Waals surface area contributed by atoms with E-state index in [0.717, 1.165) is 22.6 Å². The van der Waals surface area contributed by atoms with Gasteiger partial charge in [-0.15, -0.1) is 0 Å². The van der Waals surface area contributed by atoms with Gasteiger partial charge in [0.25, 0.3) is 0 Å². The van der Waals surface area contributed by atoms with Gasteiger partial charge in [0.15, 0.2) is 0 Å². The molecule has 4 saturated carbocycles. The van der Waals surface area contributed by atoms with Gasteiger partial charge >= 0.3 is 0 Å². The van der Waals surface area contributed by atoms with Gasteiger partial charge in [-0.2, -0.15) is 0 Å². The average molecular weight is 1060 g/mol.